The molecule has 1 heterocycles. The molecule has 19 heavy (non-hydrogen) atoms. The number of aliphatic carboxylic acids is 1. The van der Waals surface area contributed by atoms with Crippen LogP contribution >= 0.6 is 0 Å². The molecule has 6 nitrogen and oxygen atoms in total. The third-order valence-corrected chi connectivity index (χ3v) is 4.92. The summed E-state index contributed by atoms with van der Waals surface area (Å²) in [7, 11) is 0. The number of rotatable bonds is 6. The molecule has 2 saturated carbocycles. The maximum Gasteiger partial charge on any atom is 0.329 e. The Labute approximate surface area is 111 Å². The maximum atomic E-state index is 11.6. The Bertz CT molecular complexity index is 406. The second-order valence-electron chi connectivity index (χ2n) is 5.88. The number of fused-ring (bicyclic) bond motifs is 2. The van der Waals surface area contributed by atoms with E-state index in [1.807, 2.05) is 0 Å². The number of carboxylic acids is 1. The zero-order valence-corrected chi connectivity index (χ0v) is 10.8. The highest BCUT2D eigenvalue weighted by Gasteiger charge is 2.73. The minimum absolute atomic E-state index is 0.0207. The molecule has 1 amide bonds. The minimum atomic E-state index is -1.06. The van der Waals surface area contributed by atoms with Gasteiger partial charge >= 0.3 is 5.97 Å². The molecule has 1 aliphatic heterocycles. The van der Waals surface area contributed by atoms with E-state index in [-0.39, 0.29) is 23.5 Å². The van der Waals surface area contributed by atoms with Crippen molar-refractivity contribution in [2.45, 2.75) is 31.3 Å². The molecular weight excluding hydrogens is 250 g/mol. The van der Waals surface area contributed by atoms with Gasteiger partial charge in [-0.2, -0.15) is 0 Å². The van der Waals surface area contributed by atoms with Crippen LogP contribution in [-0.2, 0) is 19.1 Å². The van der Waals surface area contributed by atoms with E-state index in [0.29, 0.717) is 12.5 Å². The van der Waals surface area contributed by atoms with Crippen molar-refractivity contribution in [3.63, 3.8) is 0 Å². The summed E-state index contributed by atoms with van der Waals surface area (Å²) in [6.45, 7) is 0.827. The molecule has 2 aliphatic carbocycles. The summed E-state index contributed by atoms with van der Waals surface area (Å²) in [6.07, 6.45) is 4.57. The van der Waals surface area contributed by atoms with Gasteiger partial charge in [-0.3, -0.25) is 4.79 Å². The standard InChI is InChI=1S/C13H19NO5/c15-10(6-18-7-11(16)17)14-8-12-4-9(12)5-19-13(12)2-1-3-13/h9H,1-8H2,(H,14,15)(H,16,17). The lowest BCUT2D eigenvalue weighted by Crippen LogP contribution is -2.50. The smallest absolute Gasteiger partial charge is 0.329 e. The van der Waals surface area contributed by atoms with Gasteiger partial charge in [-0.1, -0.05) is 0 Å². The molecule has 2 unspecified atom stereocenters. The van der Waals surface area contributed by atoms with Crippen molar-refractivity contribution < 1.29 is 24.2 Å². The summed E-state index contributed by atoms with van der Waals surface area (Å²) in [5.74, 6) is -0.720. The SMILES string of the molecule is O=C(O)COCC(=O)NCC12CC1COC21CCC1. The normalized spacial score (nSPS) is 33.6. The molecule has 3 aliphatic rings. The molecule has 1 spiro atoms. The topological polar surface area (TPSA) is 84.9 Å². The van der Waals surface area contributed by atoms with Gasteiger partial charge in [0.2, 0.25) is 5.91 Å². The highest BCUT2D eigenvalue weighted by Crippen LogP contribution is 2.70. The number of ether oxygens (including phenoxy) is 2. The van der Waals surface area contributed by atoms with Crippen LogP contribution in [-0.4, -0.2) is 48.9 Å². The Morgan fingerprint density at radius 2 is 2.16 bits per heavy atom. The molecular formula is C13H19NO5. The summed E-state index contributed by atoms with van der Waals surface area (Å²) in [5.41, 5.74) is 0.167. The zero-order chi connectivity index (χ0) is 13.5. The number of nitrogens with one attached hydrogen (secondary N) is 1. The molecule has 0 bridgehead atoms. The van der Waals surface area contributed by atoms with Gasteiger partial charge in [0.05, 0.1) is 12.2 Å². The van der Waals surface area contributed by atoms with Crippen molar-refractivity contribution in [1.29, 1.82) is 0 Å². The van der Waals surface area contributed by atoms with Crippen LogP contribution in [0.25, 0.3) is 0 Å². The van der Waals surface area contributed by atoms with Gasteiger partial charge in [0, 0.05) is 12.0 Å². The van der Waals surface area contributed by atoms with E-state index in [1.54, 1.807) is 0 Å². The summed E-state index contributed by atoms with van der Waals surface area (Å²) in [4.78, 5) is 21.9. The van der Waals surface area contributed by atoms with Crippen LogP contribution in [0.15, 0.2) is 0 Å². The van der Waals surface area contributed by atoms with Crippen LogP contribution in [0.2, 0.25) is 0 Å². The zero-order valence-electron chi connectivity index (χ0n) is 10.8. The summed E-state index contributed by atoms with van der Waals surface area (Å²) in [6, 6.07) is 0. The van der Waals surface area contributed by atoms with E-state index in [9.17, 15) is 9.59 Å². The predicted molar refractivity (Wildman–Crippen MR) is 64.5 cm³/mol. The summed E-state index contributed by atoms with van der Waals surface area (Å²) in [5, 5.41) is 11.3. The highest BCUT2D eigenvalue weighted by atomic mass is 16.5. The van der Waals surface area contributed by atoms with E-state index in [2.05, 4.69) is 5.32 Å². The number of hydrogen-bond donors (Lipinski definition) is 2. The Morgan fingerprint density at radius 3 is 2.74 bits per heavy atom. The van der Waals surface area contributed by atoms with Gasteiger partial charge in [-0.05, 0) is 31.6 Å². The van der Waals surface area contributed by atoms with Gasteiger partial charge in [0.25, 0.3) is 0 Å². The molecule has 2 atom stereocenters. The molecule has 106 valence electrons. The molecule has 0 aromatic heterocycles. The number of carbonyl (C=O) groups excluding carboxylic acids is 1. The summed E-state index contributed by atoms with van der Waals surface area (Å²) < 4.78 is 10.7. The average Bonchev–Trinajstić information content (AvgIpc) is 2.92. The molecule has 2 N–H and O–H groups in total. The van der Waals surface area contributed by atoms with E-state index in [1.165, 1.54) is 6.42 Å². The van der Waals surface area contributed by atoms with E-state index < -0.39 is 12.6 Å². The lowest BCUT2D eigenvalue weighted by molar-refractivity contribution is -0.143. The van der Waals surface area contributed by atoms with Gasteiger partial charge in [-0.15, -0.1) is 0 Å². The molecule has 3 fully saturated rings. The predicted octanol–water partition coefficient (Wildman–Crippen LogP) is 0.163. The Morgan fingerprint density at radius 1 is 1.37 bits per heavy atom. The van der Waals surface area contributed by atoms with Gasteiger partial charge < -0.3 is 19.9 Å². The summed E-state index contributed by atoms with van der Waals surface area (Å²) >= 11 is 0. The van der Waals surface area contributed by atoms with Crippen LogP contribution in [0.5, 0.6) is 0 Å². The average molecular weight is 269 g/mol. The van der Waals surface area contributed by atoms with Gasteiger partial charge in [0.15, 0.2) is 0 Å². The van der Waals surface area contributed by atoms with E-state index in [0.717, 1.165) is 25.9 Å². The Hall–Kier alpha value is -1.14. The monoisotopic (exact) mass is 269 g/mol. The maximum absolute atomic E-state index is 11.6. The van der Waals surface area contributed by atoms with Crippen molar-refractivity contribution in [3.05, 3.63) is 0 Å². The lowest BCUT2D eigenvalue weighted by Gasteiger charge is -2.45. The van der Waals surface area contributed by atoms with Gasteiger partial charge in [0.1, 0.15) is 13.2 Å². The van der Waals surface area contributed by atoms with E-state index in [4.69, 9.17) is 14.6 Å². The van der Waals surface area contributed by atoms with Crippen LogP contribution in [0, 0.1) is 11.3 Å². The highest BCUT2D eigenvalue weighted by molar-refractivity contribution is 5.77. The number of carbonyl (C=O) groups is 2. The Balaban J connectivity index is 1.45. The number of hydrogen-bond acceptors (Lipinski definition) is 4. The number of amides is 1. The molecule has 1 saturated heterocycles. The third-order valence-electron chi connectivity index (χ3n) is 4.92. The van der Waals surface area contributed by atoms with Crippen molar-refractivity contribution >= 4 is 11.9 Å². The van der Waals surface area contributed by atoms with Crippen molar-refractivity contribution in [2.75, 3.05) is 26.4 Å². The fourth-order valence-electron chi connectivity index (χ4n) is 3.62. The fraction of sp³-hybridized carbons (Fsp3) is 0.846. The Kier molecular flexibility index (Phi) is 3.02. The van der Waals surface area contributed by atoms with Crippen molar-refractivity contribution in [2.24, 2.45) is 11.3 Å². The second-order valence-corrected chi connectivity index (χ2v) is 5.88. The van der Waals surface area contributed by atoms with Crippen molar-refractivity contribution in [3.8, 4) is 0 Å². The number of carboxylic acid groups (broad SMARTS) is 1. The molecule has 0 aromatic rings. The molecule has 3 rings (SSSR count). The third kappa shape index (κ3) is 2.03. The first-order valence-corrected chi connectivity index (χ1v) is 6.78. The molecule has 0 aromatic carbocycles. The van der Waals surface area contributed by atoms with Crippen LogP contribution in [0.3, 0.4) is 0 Å². The first-order chi connectivity index (χ1) is 9.08. The molecule has 0 radical (unpaired) electrons. The fourth-order valence-corrected chi connectivity index (χ4v) is 3.62. The first-order valence-electron chi connectivity index (χ1n) is 6.78. The van der Waals surface area contributed by atoms with Crippen molar-refractivity contribution in [1.82, 2.24) is 5.32 Å². The lowest BCUT2D eigenvalue weighted by atomic mass is 9.68. The van der Waals surface area contributed by atoms with Crippen LogP contribution in [0.4, 0.5) is 0 Å². The quantitative estimate of drug-likeness (QED) is 0.717. The minimum Gasteiger partial charge on any atom is -0.480 e. The molecule has 6 heteroatoms. The largest absolute Gasteiger partial charge is 0.480 e. The van der Waals surface area contributed by atoms with Gasteiger partial charge in [-0.25, -0.2) is 4.79 Å². The van der Waals surface area contributed by atoms with E-state index >= 15 is 0 Å². The van der Waals surface area contributed by atoms with Crippen LogP contribution in [0.1, 0.15) is 25.7 Å². The van der Waals surface area contributed by atoms with Crippen LogP contribution < -0.4 is 5.32 Å². The second kappa shape index (κ2) is 4.45. The first kappa shape index (κ1) is 12.9.